The average Bonchev–Trinajstić information content (AvgIpc) is 2.59. The predicted octanol–water partition coefficient (Wildman–Crippen LogP) is 3.97. The Kier molecular flexibility index (Phi) is 6.43. The molecule has 0 aliphatic carbocycles. The summed E-state index contributed by atoms with van der Waals surface area (Å²) in [4.78, 5) is 12.4. The second-order valence-corrected chi connectivity index (χ2v) is 5.50. The van der Waals surface area contributed by atoms with Crippen molar-refractivity contribution in [1.82, 2.24) is 5.32 Å². The van der Waals surface area contributed by atoms with E-state index < -0.39 is 0 Å². The van der Waals surface area contributed by atoms with Crippen LogP contribution in [-0.2, 0) is 6.54 Å². The molecule has 0 aliphatic heterocycles. The number of nitrogens with one attached hydrogen (secondary N) is 1. The Labute approximate surface area is 143 Å². The third-order valence-corrected chi connectivity index (χ3v) is 3.29. The van der Waals surface area contributed by atoms with Gasteiger partial charge in [0.1, 0.15) is 18.1 Å². The first-order valence-corrected chi connectivity index (χ1v) is 7.96. The third kappa shape index (κ3) is 5.16. The van der Waals surface area contributed by atoms with Crippen molar-refractivity contribution in [2.75, 3.05) is 13.2 Å². The first-order valence-electron chi connectivity index (χ1n) is 7.96. The Balaban J connectivity index is 2.00. The monoisotopic (exact) mass is 325 g/mol. The van der Waals surface area contributed by atoms with Crippen LogP contribution in [0.1, 0.15) is 29.8 Å². The lowest BCUT2D eigenvalue weighted by Gasteiger charge is -2.11. The molecule has 0 aliphatic rings. The molecule has 0 saturated heterocycles. The van der Waals surface area contributed by atoms with E-state index in [1.807, 2.05) is 44.2 Å². The van der Waals surface area contributed by atoms with Gasteiger partial charge in [0.15, 0.2) is 0 Å². The normalized spacial score (nSPS) is 10.1. The van der Waals surface area contributed by atoms with Gasteiger partial charge in [0.25, 0.3) is 5.91 Å². The van der Waals surface area contributed by atoms with Crippen molar-refractivity contribution < 1.29 is 14.3 Å². The lowest BCUT2D eigenvalue weighted by molar-refractivity contribution is 0.0950. The number of benzene rings is 2. The number of amides is 1. The van der Waals surface area contributed by atoms with Gasteiger partial charge in [-0.1, -0.05) is 30.8 Å². The van der Waals surface area contributed by atoms with E-state index in [0.29, 0.717) is 31.1 Å². The standard InChI is InChI=1S/C20H23NO3/c1-4-23-19-11-6-5-8-17(19)13-21-20(22)16-9-7-10-18(12-16)24-14-15(2)3/h5-12H,2,4,13-14H2,1,3H3,(H,21,22). The number of ether oxygens (including phenoxy) is 2. The summed E-state index contributed by atoms with van der Waals surface area (Å²) in [6, 6.07) is 14.8. The summed E-state index contributed by atoms with van der Waals surface area (Å²) in [5.74, 6) is 1.29. The molecule has 1 N–H and O–H groups in total. The average molecular weight is 325 g/mol. The van der Waals surface area contributed by atoms with Gasteiger partial charge in [-0.05, 0) is 43.7 Å². The van der Waals surface area contributed by atoms with Crippen LogP contribution in [0.3, 0.4) is 0 Å². The van der Waals surface area contributed by atoms with Crippen LogP contribution >= 0.6 is 0 Å². The Morgan fingerprint density at radius 1 is 1.12 bits per heavy atom. The van der Waals surface area contributed by atoms with Crippen LogP contribution in [0, 0.1) is 0 Å². The molecule has 2 aromatic rings. The predicted molar refractivity (Wildman–Crippen MR) is 95.5 cm³/mol. The van der Waals surface area contributed by atoms with Crippen molar-refractivity contribution in [2.24, 2.45) is 0 Å². The molecule has 0 fully saturated rings. The van der Waals surface area contributed by atoms with Gasteiger partial charge in [-0.25, -0.2) is 0 Å². The summed E-state index contributed by atoms with van der Waals surface area (Å²) in [5, 5.41) is 2.91. The topological polar surface area (TPSA) is 47.6 Å². The van der Waals surface area contributed by atoms with Crippen LogP contribution in [0.4, 0.5) is 0 Å². The van der Waals surface area contributed by atoms with Gasteiger partial charge >= 0.3 is 0 Å². The van der Waals surface area contributed by atoms with Gasteiger partial charge in [-0.15, -0.1) is 0 Å². The highest BCUT2D eigenvalue weighted by Crippen LogP contribution is 2.18. The Morgan fingerprint density at radius 2 is 1.92 bits per heavy atom. The molecule has 0 bridgehead atoms. The van der Waals surface area contributed by atoms with E-state index in [9.17, 15) is 4.79 Å². The summed E-state index contributed by atoms with van der Waals surface area (Å²) < 4.78 is 11.1. The summed E-state index contributed by atoms with van der Waals surface area (Å²) in [7, 11) is 0. The number of para-hydroxylation sites is 1. The number of carbonyl (C=O) groups is 1. The SMILES string of the molecule is C=C(C)COc1cccc(C(=O)NCc2ccccc2OCC)c1. The highest BCUT2D eigenvalue weighted by molar-refractivity contribution is 5.94. The molecule has 0 unspecified atom stereocenters. The smallest absolute Gasteiger partial charge is 0.251 e. The minimum absolute atomic E-state index is 0.151. The Bertz CT molecular complexity index is 710. The van der Waals surface area contributed by atoms with Crippen LogP contribution in [0.15, 0.2) is 60.7 Å². The highest BCUT2D eigenvalue weighted by atomic mass is 16.5. The van der Waals surface area contributed by atoms with E-state index in [1.165, 1.54) is 0 Å². The minimum atomic E-state index is -0.151. The minimum Gasteiger partial charge on any atom is -0.494 e. The van der Waals surface area contributed by atoms with Crippen molar-refractivity contribution in [3.63, 3.8) is 0 Å². The summed E-state index contributed by atoms with van der Waals surface area (Å²) >= 11 is 0. The fourth-order valence-electron chi connectivity index (χ4n) is 2.16. The zero-order valence-corrected chi connectivity index (χ0v) is 14.2. The summed E-state index contributed by atoms with van der Waals surface area (Å²) in [6.07, 6.45) is 0. The maximum absolute atomic E-state index is 12.4. The number of hydrogen-bond donors (Lipinski definition) is 1. The molecule has 0 spiro atoms. The number of carbonyl (C=O) groups excluding carboxylic acids is 1. The van der Waals surface area contributed by atoms with E-state index in [4.69, 9.17) is 9.47 Å². The molecular formula is C20H23NO3. The van der Waals surface area contributed by atoms with Gasteiger partial charge in [0, 0.05) is 17.7 Å². The highest BCUT2D eigenvalue weighted by Gasteiger charge is 2.09. The van der Waals surface area contributed by atoms with E-state index >= 15 is 0 Å². The van der Waals surface area contributed by atoms with Gasteiger partial charge in [0.2, 0.25) is 0 Å². The molecule has 24 heavy (non-hydrogen) atoms. The second kappa shape index (κ2) is 8.77. The maximum atomic E-state index is 12.4. The third-order valence-electron chi connectivity index (χ3n) is 3.29. The van der Waals surface area contributed by atoms with Crippen LogP contribution in [0.25, 0.3) is 0 Å². The van der Waals surface area contributed by atoms with Gasteiger partial charge in [-0.2, -0.15) is 0 Å². The molecule has 1 amide bonds. The van der Waals surface area contributed by atoms with Crippen molar-refractivity contribution in [1.29, 1.82) is 0 Å². The van der Waals surface area contributed by atoms with E-state index in [2.05, 4.69) is 11.9 Å². The molecule has 0 aromatic heterocycles. The van der Waals surface area contributed by atoms with Gasteiger partial charge < -0.3 is 14.8 Å². The fraction of sp³-hybridized carbons (Fsp3) is 0.250. The van der Waals surface area contributed by atoms with E-state index in [0.717, 1.165) is 16.9 Å². The molecule has 0 atom stereocenters. The molecule has 0 heterocycles. The quantitative estimate of drug-likeness (QED) is 0.747. The molecule has 4 nitrogen and oxygen atoms in total. The Morgan fingerprint density at radius 3 is 2.67 bits per heavy atom. The molecular weight excluding hydrogens is 302 g/mol. The van der Waals surface area contributed by atoms with Crippen LogP contribution in [0.2, 0.25) is 0 Å². The summed E-state index contributed by atoms with van der Waals surface area (Å²) in [5.41, 5.74) is 2.43. The van der Waals surface area contributed by atoms with Crippen molar-refractivity contribution in [2.45, 2.75) is 20.4 Å². The number of rotatable bonds is 8. The molecule has 4 heteroatoms. The molecule has 0 radical (unpaired) electrons. The maximum Gasteiger partial charge on any atom is 0.251 e. The zero-order valence-electron chi connectivity index (χ0n) is 14.2. The first kappa shape index (κ1) is 17.6. The van der Waals surface area contributed by atoms with Crippen molar-refractivity contribution in [3.8, 4) is 11.5 Å². The summed E-state index contributed by atoms with van der Waals surface area (Å²) in [6.45, 7) is 9.07. The Hall–Kier alpha value is -2.75. The molecule has 0 saturated carbocycles. The van der Waals surface area contributed by atoms with Crippen molar-refractivity contribution in [3.05, 3.63) is 71.8 Å². The van der Waals surface area contributed by atoms with Crippen LogP contribution in [0.5, 0.6) is 11.5 Å². The zero-order chi connectivity index (χ0) is 17.4. The van der Waals surface area contributed by atoms with E-state index in [1.54, 1.807) is 18.2 Å². The van der Waals surface area contributed by atoms with E-state index in [-0.39, 0.29) is 5.91 Å². The molecule has 126 valence electrons. The fourth-order valence-corrected chi connectivity index (χ4v) is 2.16. The second-order valence-electron chi connectivity index (χ2n) is 5.50. The van der Waals surface area contributed by atoms with Crippen LogP contribution < -0.4 is 14.8 Å². The lowest BCUT2D eigenvalue weighted by Crippen LogP contribution is -2.23. The molecule has 2 aromatic carbocycles. The van der Waals surface area contributed by atoms with Gasteiger partial charge in [-0.3, -0.25) is 4.79 Å². The van der Waals surface area contributed by atoms with Gasteiger partial charge in [0.05, 0.1) is 6.61 Å². The number of hydrogen-bond acceptors (Lipinski definition) is 3. The van der Waals surface area contributed by atoms with Crippen molar-refractivity contribution >= 4 is 5.91 Å². The lowest BCUT2D eigenvalue weighted by atomic mass is 10.1. The first-order chi connectivity index (χ1) is 11.6. The van der Waals surface area contributed by atoms with Crippen LogP contribution in [-0.4, -0.2) is 19.1 Å². The molecule has 2 rings (SSSR count). The largest absolute Gasteiger partial charge is 0.494 e.